The molecule has 0 unspecified atom stereocenters. The molecule has 0 N–H and O–H groups in total. The number of hydrogen-bond donors (Lipinski definition) is 0. The van der Waals surface area contributed by atoms with E-state index in [1.54, 1.807) is 6.26 Å². The molecule has 2 rings (SSSR count). The third kappa shape index (κ3) is 1.11. The predicted molar refractivity (Wildman–Crippen MR) is 50.9 cm³/mol. The van der Waals surface area contributed by atoms with Gasteiger partial charge in [0, 0.05) is 10.9 Å². The molecular formula is C11H7NO. The summed E-state index contributed by atoms with van der Waals surface area (Å²) >= 11 is 0. The van der Waals surface area contributed by atoms with Crippen LogP contribution in [0.15, 0.2) is 41.5 Å². The molecule has 0 amide bonds. The van der Waals surface area contributed by atoms with Gasteiger partial charge in [-0.25, -0.2) is 0 Å². The summed E-state index contributed by atoms with van der Waals surface area (Å²) in [6.45, 7) is 3.65. The SMILES string of the molecule is C=C(C#N)c1cccc2ccoc12. The van der Waals surface area contributed by atoms with E-state index in [1.807, 2.05) is 30.3 Å². The largest absolute Gasteiger partial charge is 0.464 e. The van der Waals surface area contributed by atoms with E-state index in [9.17, 15) is 0 Å². The maximum Gasteiger partial charge on any atom is 0.142 e. The summed E-state index contributed by atoms with van der Waals surface area (Å²) in [6.07, 6.45) is 1.61. The van der Waals surface area contributed by atoms with Crippen LogP contribution in [0.5, 0.6) is 0 Å². The van der Waals surface area contributed by atoms with Crippen molar-refractivity contribution < 1.29 is 4.42 Å². The number of fused-ring (bicyclic) bond motifs is 1. The summed E-state index contributed by atoms with van der Waals surface area (Å²) in [5.41, 5.74) is 1.93. The lowest BCUT2D eigenvalue weighted by Gasteiger charge is -1.96. The van der Waals surface area contributed by atoms with Crippen LogP contribution in [0, 0.1) is 11.3 Å². The first-order valence-electron chi connectivity index (χ1n) is 3.88. The van der Waals surface area contributed by atoms with E-state index in [4.69, 9.17) is 9.68 Å². The zero-order chi connectivity index (χ0) is 9.26. The Morgan fingerprint density at radius 2 is 2.23 bits per heavy atom. The molecule has 2 heteroatoms. The van der Waals surface area contributed by atoms with Gasteiger partial charge in [-0.2, -0.15) is 5.26 Å². The molecule has 1 aromatic heterocycles. The van der Waals surface area contributed by atoms with E-state index in [0.717, 1.165) is 16.5 Å². The van der Waals surface area contributed by atoms with Crippen molar-refractivity contribution in [1.29, 1.82) is 5.26 Å². The number of hydrogen-bond acceptors (Lipinski definition) is 2. The fourth-order valence-electron chi connectivity index (χ4n) is 1.29. The Morgan fingerprint density at radius 1 is 1.38 bits per heavy atom. The number of para-hydroxylation sites is 1. The maximum absolute atomic E-state index is 8.69. The standard InChI is InChI=1S/C11H7NO/c1-8(7-12)10-4-2-3-9-5-6-13-11(9)10/h2-6H,1H2. The zero-order valence-electron chi connectivity index (χ0n) is 6.95. The minimum Gasteiger partial charge on any atom is -0.464 e. The number of nitrogens with zero attached hydrogens (tertiary/aromatic N) is 1. The van der Waals surface area contributed by atoms with Gasteiger partial charge >= 0.3 is 0 Å². The van der Waals surface area contributed by atoms with Crippen molar-refractivity contribution in [2.24, 2.45) is 0 Å². The molecule has 1 aromatic carbocycles. The first-order chi connectivity index (χ1) is 6.33. The highest BCUT2D eigenvalue weighted by Gasteiger charge is 2.05. The van der Waals surface area contributed by atoms with Crippen molar-refractivity contribution in [2.45, 2.75) is 0 Å². The minimum absolute atomic E-state index is 0.431. The minimum atomic E-state index is 0.431. The fraction of sp³-hybridized carbons (Fsp3) is 0. The molecule has 2 aromatic rings. The second-order valence-electron chi connectivity index (χ2n) is 2.73. The van der Waals surface area contributed by atoms with Crippen LogP contribution in [0.1, 0.15) is 5.56 Å². The summed E-state index contributed by atoms with van der Waals surface area (Å²) in [4.78, 5) is 0. The molecule has 2 nitrogen and oxygen atoms in total. The number of benzene rings is 1. The summed E-state index contributed by atoms with van der Waals surface area (Å²) in [7, 11) is 0. The van der Waals surface area contributed by atoms with E-state index in [2.05, 4.69) is 6.58 Å². The third-order valence-corrected chi connectivity index (χ3v) is 1.94. The molecule has 0 bridgehead atoms. The van der Waals surface area contributed by atoms with Crippen molar-refractivity contribution in [3.05, 3.63) is 42.7 Å². The molecule has 0 radical (unpaired) electrons. The highest BCUT2D eigenvalue weighted by Crippen LogP contribution is 2.24. The Balaban J connectivity index is 2.76. The molecular weight excluding hydrogens is 162 g/mol. The molecule has 0 saturated carbocycles. The molecule has 1 heterocycles. The molecule has 0 aliphatic heterocycles. The topological polar surface area (TPSA) is 36.9 Å². The summed E-state index contributed by atoms with van der Waals surface area (Å²) in [5, 5.41) is 9.69. The van der Waals surface area contributed by atoms with Gasteiger partial charge in [-0.3, -0.25) is 0 Å². The summed E-state index contributed by atoms with van der Waals surface area (Å²) in [5.74, 6) is 0. The van der Waals surface area contributed by atoms with Crippen molar-refractivity contribution in [3.63, 3.8) is 0 Å². The number of nitriles is 1. The zero-order valence-corrected chi connectivity index (χ0v) is 6.95. The molecule has 0 spiro atoms. The van der Waals surface area contributed by atoms with Crippen LogP contribution in [0.25, 0.3) is 16.5 Å². The summed E-state index contributed by atoms with van der Waals surface area (Å²) in [6, 6.07) is 9.53. The van der Waals surface area contributed by atoms with Crippen LogP contribution in [-0.2, 0) is 0 Å². The first-order valence-corrected chi connectivity index (χ1v) is 3.88. The Labute approximate surface area is 75.7 Å². The lowest BCUT2D eigenvalue weighted by atomic mass is 10.1. The van der Waals surface area contributed by atoms with Gasteiger partial charge < -0.3 is 4.42 Å². The number of rotatable bonds is 1. The van der Waals surface area contributed by atoms with Gasteiger partial charge in [0.05, 0.1) is 17.9 Å². The fourth-order valence-corrected chi connectivity index (χ4v) is 1.29. The van der Waals surface area contributed by atoms with Gasteiger partial charge in [0.2, 0.25) is 0 Å². The highest BCUT2D eigenvalue weighted by atomic mass is 16.3. The highest BCUT2D eigenvalue weighted by molar-refractivity contribution is 5.92. The van der Waals surface area contributed by atoms with Gasteiger partial charge in [0.1, 0.15) is 5.58 Å². The van der Waals surface area contributed by atoms with Crippen LogP contribution in [-0.4, -0.2) is 0 Å². The van der Waals surface area contributed by atoms with E-state index < -0.39 is 0 Å². The van der Waals surface area contributed by atoms with Crippen LogP contribution in [0.4, 0.5) is 0 Å². The van der Waals surface area contributed by atoms with E-state index in [0.29, 0.717) is 5.57 Å². The van der Waals surface area contributed by atoms with E-state index >= 15 is 0 Å². The number of allylic oxidation sites excluding steroid dienone is 1. The van der Waals surface area contributed by atoms with Gasteiger partial charge in [-0.15, -0.1) is 0 Å². The third-order valence-electron chi connectivity index (χ3n) is 1.94. The van der Waals surface area contributed by atoms with Crippen LogP contribution < -0.4 is 0 Å². The van der Waals surface area contributed by atoms with Gasteiger partial charge in [-0.1, -0.05) is 18.7 Å². The Morgan fingerprint density at radius 3 is 3.00 bits per heavy atom. The number of furan rings is 1. The molecule has 62 valence electrons. The first kappa shape index (κ1) is 7.63. The van der Waals surface area contributed by atoms with Crippen LogP contribution >= 0.6 is 0 Å². The molecule has 13 heavy (non-hydrogen) atoms. The van der Waals surface area contributed by atoms with Crippen LogP contribution in [0.2, 0.25) is 0 Å². The predicted octanol–water partition coefficient (Wildman–Crippen LogP) is 2.97. The Hall–Kier alpha value is -2.01. The van der Waals surface area contributed by atoms with Gasteiger partial charge in [0.25, 0.3) is 0 Å². The van der Waals surface area contributed by atoms with Crippen molar-refractivity contribution >= 4 is 16.5 Å². The lowest BCUT2D eigenvalue weighted by molar-refractivity contribution is 0.615. The van der Waals surface area contributed by atoms with Crippen molar-refractivity contribution in [1.82, 2.24) is 0 Å². The molecule has 0 atom stereocenters. The summed E-state index contributed by atoms with van der Waals surface area (Å²) < 4.78 is 5.26. The van der Waals surface area contributed by atoms with E-state index in [-0.39, 0.29) is 0 Å². The van der Waals surface area contributed by atoms with Crippen LogP contribution in [0.3, 0.4) is 0 Å². The monoisotopic (exact) mass is 169 g/mol. The quantitative estimate of drug-likeness (QED) is 0.615. The molecule has 0 fully saturated rings. The second-order valence-corrected chi connectivity index (χ2v) is 2.73. The normalized spacial score (nSPS) is 9.77. The molecule has 0 aliphatic carbocycles. The Kier molecular flexibility index (Phi) is 1.64. The second kappa shape index (κ2) is 2.80. The van der Waals surface area contributed by atoms with E-state index in [1.165, 1.54) is 0 Å². The van der Waals surface area contributed by atoms with Gasteiger partial charge in [-0.05, 0) is 12.1 Å². The Bertz CT molecular complexity index is 502. The lowest BCUT2D eigenvalue weighted by Crippen LogP contribution is -1.79. The maximum atomic E-state index is 8.69. The molecule has 0 saturated heterocycles. The average molecular weight is 169 g/mol. The van der Waals surface area contributed by atoms with Gasteiger partial charge in [0.15, 0.2) is 0 Å². The van der Waals surface area contributed by atoms with Crippen molar-refractivity contribution in [2.75, 3.05) is 0 Å². The smallest absolute Gasteiger partial charge is 0.142 e. The van der Waals surface area contributed by atoms with Crippen molar-refractivity contribution in [3.8, 4) is 6.07 Å². The average Bonchev–Trinajstić information content (AvgIpc) is 2.63. The molecule has 0 aliphatic rings.